The molecule has 1 saturated heterocycles. The number of hydrogen-bond acceptors (Lipinski definition) is 3. The summed E-state index contributed by atoms with van der Waals surface area (Å²) in [5.41, 5.74) is 2.10. The monoisotopic (exact) mass is 302 g/mol. The Balaban J connectivity index is 0.00000133. The maximum Gasteiger partial charge on any atom is 0.232 e. The average molecular weight is 303 g/mol. The molecule has 3 rings (SSSR count). The highest BCUT2D eigenvalue weighted by molar-refractivity contribution is 7.92. The summed E-state index contributed by atoms with van der Waals surface area (Å²) >= 11 is 0. The van der Waals surface area contributed by atoms with Gasteiger partial charge in [0, 0.05) is 12.0 Å². The van der Waals surface area contributed by atoms with Crippen molar-refractivity contribution in [3.63, 3.8) is 0 Å². The largest absolute Gasteiger partial charge is 0.317 e. The van der Waals surface area contributed by atoms with E-state index in [1.165, 1.54) is 11.8 Å². The van der Waals surface area contributed by atoms with Crippen molar-refractivity contribution in [3.05, 3.63) is 29.8 Å². The van der Waals surface area contributed by atoms with E-state index in [-0.39, 0.29) is 17.8 Å². The minimum atomic E-state index is -3.18. The Kier molecular flexibility index (Phi) is 3.82. The number of sulfonamides is 1. The van der Waals surface area contributed by atoms with E-state index in [0.29, 0.717) is 6.54 Å². The molecule has 2 aliphatic rings. The van der Waals surface area contributed by atoms with Crippen LogP contribution >= 0.6 is 12.4 Å². The van der Waals surface area contributed by atoms with Crippen molar-refractivity contribution in [2.45, 2.75) is 18.3 Å². The number of halogens is 1. The molecule has 0 unspecified atom stereocenters. The molecule has 0 atom stereocenters. The van der Waals surface area contributed by atoms with Gasteiger partial charge in [0.15, 0.2) is 0 Å². The van der Waals surface area contributed by atoms with Crippen LogP contribution in [-0.4, -0.2) is 34.3 Å². The maximum absolute atomic E-state index is 11.9. The number of nitrogens with zero attached hydrogens (tertiary/aromatic N) is 1. The number of hydrogen-bond donors (Lipinski definition) is 1. The average Bonchev–Trinajstić information content (AvgIpc) is 2.66. The molecule has 0 amide bonds. The molecule has 0 bridgehead atoms. The number of para-hydroxylation sites is 1. The van der Waals surface area contributed by atoms with Crippen LogP contribution in [0.1, 0.15) is 18.4 Å². The van der Waals surface area contributed by atoms with Gasteiger partial charge in [-0.2, -0.15) is 0 Å². The van der Waals surface area contributed by atoms with Crippen molar-refractivity contribution >= 4 is 28.1 Å². The van der Waals surface area contributed by atoms with Crippen LogP contribution in [0.5, 0.6) is 0 Å². The number of nitrogens with one attached hydrogen (secondary N) is 1. The molecule has 4 nitrogen and oxygen atoms in total. The third-order valence-electron chi connectivity index (χ3n) is 4.15. The van der Waals surface area contributed by atoms with Gasteiger partial charge < -0.3 is 5.32 Å². The number of benzene rings is 1. The Labute approximate surface area is 120 Å². The van der Waals surface area contributed by atoms with E-state index in [2.05, 4.69) is 11.4 Å². The second kappa shape index (κ2) is 4.96. The Morgan fingerprint density at radius 1 is 1.21 bits per heavy atom. The minimum Gasteiger partial charge on any atom is -0.317 e. The quantitative estimate of drug-likeness (QED) is 0.855. The number of piperidine rings is 1. The summed E-state index contributed by atoms with van der Waals surface area (Å²) in [7, 11) is -3.18. The predicted octanol–water partition coefficient (Wildman–Crippen LogP) is 1.51. The maximum atomic E-state index is 11.9. The van der Waals surface area contributed by atoms with Crippen LogP contribution < -0.4 is 9.62 Å². The van der Waals surface area contributed by atoms with Crippen molar-refractivity contribution in [3.8, 4) is 0 Å². The third-order valence-corrected chi connectivity index (χ3v) is 5.28. The molecule has 1 spiro atoms. The molecule has 0 radical (unpaired) electrons. The molecule has 0 aromatic heterocycles. The molecule has 106 valence electrons. The molecule has 0 aliphatic carbocycles. The minimum absolute atomic E-state index is 0. The van der Waals surface area contributed by atoms with Crippen LogP contribution in [0.4, 0.5) is 5.69 Å². The van der Waals surface area contributed by atoms with Crippen LogP contribution in [0.2, 0.25) is 0 Å². The van der Waals surface area contributed by atoms with Gasteiger partial charge in [-0.05, 0) is 37.6 Å². The molecule has 6 heteroatoms. The van der Waals surface area contributed by atoms with Gasteiger partial charge >= 0.3 is 0 Å². The molecular formula is C13H19ClN2O2S. The number of rotatable bonds is 1. The summed E-state index contributed by atoms with van der Waals surface area (Å²) in [6.07, 6.45) is 3.32. The van der Waals surface area contributed by atoms with Crippen molar-refractivity contribution in [2.75, 3.05) is 30.2 Å². The van der Waals surface area contributed by atoms with Crippen LogP contribution in [0, 0.1) is 0 Å². The van der Waals surface area contributed by atoms with Gasteiger partial charge in [0.2, 0.25) is 10.0 Å². The summed E-state index contributed by atoms with van der Waals surface area (Å²) < 4.78 is 25.4. The zero-order valence-corrected chi connectivity index (χ0v) is 12.6. The van der Waals surface area contributed by atoms with Gasteiger partial charge in [0.05, 0.1) is 11.9 Å². The lowest BCUT2D eigenvalue weighted by molar-refractivity contribution is 0.330. The van der Waals surface area contributed by atoms with E-state index in [4.69, 9.17) is 0 Å². The fourth-order valence-corrected chi connectivity index (χ4v) is 4.21. The lowest BCUT2D eigenvalue weighted by Crippen LogP contribution is -2.44. The highest BCUT2D eigenvalue weighted by Crippen LogP contribution is 2.46. The van der Waals surface area contributed by atoms with Crippen molar-refractivity contribution in [2.24, 2.45) is 0 Å². The van der Waals surface area contributed by atoms with Gasteiger partial charge in [0.25, 0.3) is 0 Å². The van der Waals surface area contributed by atoms with E-state index in [9.17, 15) is 8.42 Å². The molecular weight excluding hydrogens is 284 g/mol. The van der Waals surface area contributed by atoms with Crippen molar-refractivity contribution in [1.29, 1.82) is 0 Å². The van der Waals surface area contributed by atoms with E-state index in [0.717, 1.165) is 31.6 Å². The van der Waals surface area contributed by atoms with E-state index < -0.39 is 10.0 Å². The molecule has 2 heterocycles. The van der Waals surface area contributed by atoms with Crippen LogP contribution in [-0.2, 0) is 15.4 Å². The fourth-order valence-electron chi connectivity index (χ4n) is 3.21. The van der Waals surface area contributed by atoms with Gasteiger partial charge in [0.1, 0.15) is 0 Å². The first kappa shape index (κ1) is 14.6. The molecule has 1 aromatic rings. The van der Waals surface area contributed by atoms with Gasteiger partial charge in [-0.25, -0.2) is 8.42 Å². The summed E-state index contributed by atoms with van der Waals surface area (Å²) in [6, 6.07) is 7.94. The smallest absolute Gasteiger partial charge is 0.232 e. The first-order valence-electron chi connectivity index (χ1n) is 6.31. The standard InChI is InChI=1S/C13H18N2O2S.ClH/c1-18(16,17)15-10-13(6-8-14-9-7-13)11-4-2-3-5-12(11)15;/h2-5,14H,6-10H2,1H3;1H. The van der Waals surface area contributed by atoms with E-state index in [1.54, 1.807) is 4.31 Å². The molecule has 1 fully saturated rings. The predicted molar refractivity (Wildman–Crippen MR) is 79.7 cm³/mol. The lowest BCUT2D eigenvalue weighted by atomic mass is 9.75. The van der Waals surface area contributed by atoms with Crippen LogP contribution in [0.15, 0.2) is 24.3 Å². The number of fused-ring (bicyclic) bond motifs is 2. The second-order valence-electron chi connectivity index (χ2n) is 5.32. The van der Waals surface area contributed by atoms with Gasteiger partial charge in [-0.15, -0.1) is 12.4 Å². The highest BCUT2D eigenvalue weighted by atomic mass is 35.5. The van der Waals surface area contributed by atoms with Crippen LogP contribution in [0.3, 0.4) is 0 Å². The first-order valence-corrected chi connectivity index (χ1v) is 8.16. The van der Waals surface area contributed by atoms with Gasteiger partial charge in [-0.3, -0.25) is 4.31 Å². The second-order valence-corrected chi connectivity index (χ2v) is 7.22. The van der Waals surface area contributed by atoms with Crippen LogP contribution in [0.25, 0.3) is 0 Å². The molecule has 0 saturated carbocycles. The van der Waals surface area contributed by atoms with Crippen molar-refractivity contribution in [1.82, 2.24) is 5.32 Å². The first-order chi connectivity index (χ1) is 8.53. The number of anilines is 1. The summed E-state index contributed by atoms with van der Waals surface area (Å²) in [6.45, 7) is 2.53. The molecule has 19 heavy (non-hydrogen) atoms. The molecule has 1 aromatic carbocycles. The highest BCUT2D eigenvalue weighted by Gasteiger charge is 2.45. The zero-order valence-electron chi connectivity index (χ0n) is 10.9. The third kappa shape index (κ3) is 2.35. The van der Waals surface area contributed by atoms with E-state index in [1.807, 2.05) is 18.2 Å². The van der Waals surface area contributed by atoms with Gasteiger partial charge in [-0.1, -0.05) is 18.2 Å². The molecule has 1 N–H and O–H groups in total. The lowest BCUT2D eigenvalue weighted by Gasteiger charge is -2.34. The zero-order chi connectivity index (χ0) is 12.8. The summed E-state index contributed by atoms with van der Waals surface area (Å²) in [4.78, 5) is 0. The normalized spacial score (nSPS) is 21.0. The van der Waals surface area contributed by atoms with Crippen molar-refractivity contribution < 1.29 is 8.42 Å². The summed E-state index contributed by atoms with van der Waals surface area (Å²) in [5, 5.41) is 3.35. The SMILES string of the molecule is CS(=O)(=O)N1CC2(CCNCC2)c2ccccc21.Cl. The van der Waals surface area contributed by atoms with E-state index >= 15 is 0 Å². The molecule has 2 aliphatic heterocycles. The summed E-state index contributed by atoms with van der Waals surface area (Å²) in [5.74, 6) is 0. The Bertz CT molecular complexity index is 568. The Morgan fingerprint density at radius 2 is 1.84 bits per heavy atom. The Hall–Kier alpha value is -0.780. The fraction of sp³-hybridized carbons (Fsp3) is 0.538. The topological polar surface area (TPSA) is 49.4 Å². The Morgan fingerprint density at radius 3 is 2.47 bits per heavy atom.